The molecule has 0 spiro atoms. The highest BCUT2D eigenvalue weighted by molar-refractivity contribution is 9.10. The fourth-order valence-electron chi connectivity index (χ4n) is 1.18. The Balaban J connectivity index is 2.81. The van der Waals surface area contributed by atoms with Gasteiger partial charge in [-0.05, 0) is 31.0 Å². The number of rotatable bonds is 3. The molecule has 1 atom stereocenters. The fourth-order valence-corrected chi connectivity index (χ4v) is 1.55. The first-order valence-electron chi connectivity index (χ1n) is 5.12. The zero-order valence-corrected chi connectivity index (χ0v) is 10.9. The molecule has 82 valence electrons. The Kier molecular flexibility index (Phi) is 4.33. The van der Waals surface area contributed by atoms with E-state index in [0.29, 0.717) is 0 Å². The van der Waals surface area contributed by atoms with Crippen molar-refractivity contribution in [1.82, 2.24) is 0 Å². The Bertz CT molecular complexity index is 363. The van der Waals surface area contributed by atoms with Gasteiger partial charge in [0.1, 0.15) is 0 Å². The first kappa shape index (κ1) is 12.2. The summed E-state index contributed by atoms with van der Waals surface area (Å²) in [5, 5.41) is 2.93. The van der Waals surface area contributed by atoms with Crippen molar-refractivity contribution in [3.63, 3.8) is 0 Å². The van der Waals surface area contributed by atoms with Gasteiger partial charge >= 0.3 is 0 Å². The van der Waals surface area contributed by atoms with E-state index in [0.717, 1.165) is 22.1 Å². The first-order chi connectivity index (χ1) is 7.06. The van der Waals surface area contributed by atoms with Crippen LogP contribution < -0.4 is 5.32 Å². The molecular formula is C12H16BrNO. The zero-order chi connectivity index (χ0) is 11.4. The molecule has 0 bridgehead atoms. The molecule has 15 heavy (non-hydrogen) atoms. The monoisotopic (exact) mass is 269 g/mol. The number of hydrogen-bond acceptors (Lipinski definition) is 1. The van der Waals surface area contributed by atoms with Crippen LogP contribution >= 0.6 is 15.9 Å². The highest BCUT2D eigenvalue weighted by Crippen LogP contribution is 2.23. The summed E-state index contributed by atoms with van der Waals surface area (Å²) >= 11 is 3.44. The van der Waals surface area contributed by atoms with Gasteiger partial charge in [-0.15, -0.1) is 0 Å². The Hall–Kier alpha value is -0.830. The van der Waals surface area contributed by atoms with Crippen molar-refractivity contribution in [2.75, 3.05) is 5.32 Å². The molecule has 0 radical (unpaired) electrons. The molecule has 3 heteroatoms. The molecule has 1 rings (SSSR count). The fraction of sp³-hybridized carbons (Fsp3) is 0.417. The molecule has 0 heterocycles. The van der Waals surface area contributed by atoms with E-state index in [9.17, 15) is 4.79 Å². The van der Waals surface area contributed by atoms with Crippen molar-refractivity contribution >= 4 is 27.5 Å². The first-order valence-corrected chi connectivity index (χ1v) is 5.91. The molecule has 0 fully saturated rings. The number of benzene rings is 1. The zero-order valence-electron chi connectivity index (χ0n) is 9.30. The van der Waals surface area contributed by atoms with E-state index in [1.54, 1.807) is 0 Å². The predicted octanol–water partition coefficient (Wildman–Crippen LogP) is 3.74. The van der Waals surface area contributed by atoms with Gasteiger partial charge < -0.3 is 5.32 Å². The van der Waals surface area contributed by atoms with Crippen molar-refractivity contribution in [2.24, 2.45) is 5.92 Å². The third-order valence-electron chi connectivity index (χ3n) is 2.59. The minimum absolute atomic E-state index is 0.0587. The maximum Gasteiger partial charge on any atom is 0.227 e. The van der Waals surface area contributed by atoms with Crippen LogP contribution in [0.15, 0.2) is 22.7 Å². The van der Waals surface area contributed by atoms with E-state index < -0.39 is 0 Å². The topological polar surface area (TPSA) is 29.1 Å². The molecule has 0 aliphatic heterocycles. The lowest BCUT2D eigenvalue weighted by molar-refractivity contribution is -0.119. The van der Waals surface area contributed by atoms with Crippen molar-refractivity contribution in [1.29, 1.82) is 0 Å². The summed E-state index contributed by atoms with van der Waals surface area (Å²) in [6, 6.07) is 5.80. The number of anilines is 1. The van der Waals surface area contributed by atoms with E-state index in [1.807, 2.05) is 39.0 Å². The molecule has 1 aromatic rings. The van der Waals surface area contributed by atoms with Gasteiger partial charge in [-0.2, -0.15) is 0 Å². The number of hydrogen-bond donors (Lipinski definition) is 1. The largest absolute Gasteiger partial charge is 0.326 e. The molecule has 0 aliphatic rings. The highest BCUT2D eigenvalue weighted by Gasteiger charge is 2.11. The Labute approximate surface area is 99.2 Å². The lowest BCUT2D eigenvalue weighted by atomic mass is 10.1. The summed E-state index contributed by atoms with van der Waals surface area (Å²) in [6.07, 6.45) is 0.860. The molecule has 0 aliphatic carbocycles. The molecule has 0 saturated heterocycles. The summed E-state index contributed by atoms with van der Waals surface area (Å²) < 4.78 is 1.02. The molecule has 1 N–H and O–H groups in total. The number of nitrogens with one attached hydrogen (secondary N) is 1. The predicted molar refractivity (Wildman–Crippen MR) is 67.0 cm³/mol. The summed E-state index contributed by atoms with van der Waals surface area (Å²) in [7, 11) is 0. The Morgan fingerprint density at radius 3 is 2.80 bits per heavy atom. The molecule has 0 saturated carbocycles. The van der Waals surface area contributed by atoms with Crippen LogP contribution in [0.1, 0.15) is 25.8 Å². The van der Waals surface area contributed by atoms with Crippen LogP contribution in [0.4, 0.5) is 5.69 Å². The summed E-state index contributed by atoms with van der Waals surface area (Å²) in [4.78, 5) is 11.7. The van der Waals surface area contributed by atoms with Crippen LogP contribution in [-0.2, 0) is 4.79 Å². The van der Waals surface area contributed by atoms with E-state index in [-0.39, 0.29) is 11.8 Å². The Morgan fingerprint density at radius 1 is 1.53 bits per heavy atom. The van der Waals surface area contributed by atoms with Gasteiger partial charge in [-0.1, -0.05) is 35.8 Å². The average molecular weight is 270 g/mol. The van der Waals surface area contributed by atoms with E-state index >= 15 is 0 Å². The van der Waals surface area contributed by atoms with Gasteiger partial charge in [-0.25, -0.2) is 0 Å². The van der Waals surface area contributed by atoms with Gasteiger partial charge in [0.05, 0.1) is 0 Å². The standard InChI is InChI=1S/C12H16BrNO/c1-4-8(2)12(15)14-11-7-5-6-10(13)9(11)3/h5-8H,4H2,1-3H3,(H,14,15). The van der Waals surface area contributed by atoms with Crippen LogP contribution in [0, 0.1) is 12.8 Å². The Morgan fingerprint density at radius 2 is 2.20 bits per heavy atom. The smallest absolute Gasteiger partial charge is 0.227 e. The maximum absolute atomic E-state index is 11.7. The molecule has 1 unspecified atom stereocenters. The van der Waals surface area contributed by atoms with E-state index in [1.165, 1.54) is 0 Å². The summed E-state index contributed by atoms with van der Waals surface area (Å²) in [5.74, 6) is 0.141. The second-order valence-corrected chi connectivity index (χ2v) is 4.57. The van der Waals surface area contributed by atoms with Crippen molar-refractivity contribution in [2.45, 2.75) is 27.2 Å². The number of carbonyl (C=O) groups excluding carboxylic acids is 1. The van der Waals surface area contributed by atoms with Gasteiger partial charge in [-0.3, -0.25) is 4.79 Å². The quantitative estimate of drug-likeness (QED) is 0.890. The second kappa shape index (κ2) is 5.31. The third-order valence-corrected chi connectivity index (χ3v) is 3.44. The van der Waals surface area contributed by atoms with Gasteiger partial charge in [0.25, 0.3) is 0 Å². The molecule has 0 aromatic heterocycles. The highest BCUT2D eigenvalue weighted by atomic mass is 79.9. The molecular weight excluding hydrogens is 254 g/mol. The normalized spacial score (nSPS) is 12.3. The third kappa shape index (κ3) is 3.06. The number of carbonyl (C=O) groups is 1. The summed E-state index contributed by atoms with van der Waals surface area (Å²) in [6.45, 7) is 5.93. The van der Waals surface area contributed by atoms with Crippen molar-refractivity contribution in [3.8, 4) is 0 Å². The van der Waals surface area contributed by atoms with Crippen LogP contribution in [0.2, 0.25) is 0 Å². The van der Waals surface area contributed by atoms with Crippen LogP contribution in [-0.4, -0.2) is 5.91 Å². The molecule has 2 nitrogen and oxygen atoms in total. The lowest BCUT2D eigenvalue weighted by Crippen LogP contribution is -2.20. The van der Waals surface area contributed by atoms with Crippen molar-refractivity contribution in [3.05, 3.63) is 28.2 Å². The minimum atomic E-state index is 0.0587. The van der Waals surface area contributed by atoms with E-state index in [2.05, 4.69) is 21.2 Å². The van der Waals surface area contributed by atoms with Gasteiger partial charge in [0.2, 0.25) is 5.91 Å². The van der Waals surface area contributed by atoms with Crippen LogP contribution in [0.3, 0.4) is 0 Å². The van der Waals surface area contributed by atoms with Gasteiger partial charge in [0, 0.05) is 16.1 Å². The van der Waals surface area contributed by atoms with Gasteiger partial charge in [0.15, 0.2) is 0 Å². The SMILES string of the molecule is CCC(C)C(=O)Nc1cccc(Br)c1C. The maximum atomic E-state index is 11.7. The number of halogens is 1. The summed E-state index contributed by atoms with van der Waals surface area (Å²) in [5.41, 5.74) is 1.95. The van der Waals surface area contributed by atoms with Crippen molar-refractivity contribution < 1.29 is 4.79 Å². The lowest BCUT2D eigenvalue weighted by Gasteiger charge is -2.12. The second-order valence-electron chi connectivity index (χ2n) is 3.71. The van der Waals surface area contributed by atoms with Crippen LogP contribution in [0.25, 0.3) is 0 Å². The molecule has 1 aromatic carbocycles. The minimum Gasteiger partial charge on any atom is -0.326 e. The van der Waals surface area contributed by atoms with E-state index in [4.69, 9.17) is 0 Å². The number of amides is 1. The molecule has 1 amide bonds. The van der Waals surface area contributed by atoms with Crippen LogP contribution in [0.5, 0.6) is 0 Å². The average Bonchev–Trinajstić information content (AvgIpc) is 2.23.